The number of ether oxygens (including phenoxy) is 2. The van der Waals surface area contributed by atoms with E-state index in [-0.39, 0.29) is 36.4 Å². The molecule has 0 aromatic heterocycles. The number of carbonyl (C=O) groups excluding carboxylic acids is 1. The number of benzene rings is 4. The molecule has 0 spiro atoms. The summed E-state index contributed by atoms with van der Waals surface area (Å²) in [4.78, 5) is 15.3. The number of carbonyl (C=O) groups is 1. The van der Waals surface area contributed by atoms with Crippen molar-refractivity contribution in [3.63, 3.8) is 0 Å². The third kappa shape index (κ3) is 8.28. The summed E-state index contributed by atoms with van der Waals surface area (Å²) in [6, 6.07) is 34.3. The first-order valence-electron chi connectivity index (χ1n) is 19.9. The van der Waals surface area contributed by atoms with E-state index in [2.05, 4.69) is 58.0 Å². The van der Waals surface area contributed by atoms with Gasteiger partial charge in [-0.15, -0.1) is 0 Å². The standard InChI is InChI=1S/C46H55N3O5/c1-30(43(51)38-8-4-3-5-9-38)49(2)28-41-23-42(37-13-11-31(29-50)12-14-37)54-44(53-41)39-17-15-36(16-18-39)40-10-6-7-32(22-40)27-47-45(52)48-46-24-33-19-34(25-46)21-35(20-33)26-46/h3-18,22,30,33-35,41-44,50-51H,19-21,23-29H2,1-2H3,(H2,47,48,52)/t30-,33?,34?,35?,41+,42-,43-,44-,46?/m0/s1. The van der Waals surface area contributed by atoms with E-state index in [9.17, 15) is 15.0 Å². The minimum Gasteiger partial charge on any atom is -0.392 e. The highest BCUT2D eigenvalue weighted by Crippen LogP contribution is 2.55. The average molecular weight is 730 g/mol. The molecule has 4 bridgehead atoms. The molecule has 1 heterocycles. The predicted octanol–water partition coefficient (Wildman–Crippen LogP) is 8.21. The molecule has 1 saturated heterocycles. The van der Waals surface area contributed by atoms with Crippen LogP contribution in [0, 0.1) is 17.8 Å². The summed E-state index contributed by atoms with van der Waals surface area (Å²) in [5.74, 6) is 2.37. The third-order valence-electron chi connectivity index (χ3n) is 12.7. The summed E-state index contributed by atoms with van der Waals surface area (Å²) in [5.41, 5.74) is 6.94. The number of aliphatic hydroxyl groups is 2. The van der Waals surface area contributed by atoms with Crippen LogP contribution in [0.4, 0.5) is 4.79 Å². The lowest BCUT2D eigenvalue weighted by Crippen LogP contribution is -2.61. The highest BCUT2D eigenvalue weighted by Gasteiger charge is 2.51. The third-order valence-corrected chi connectivity index (χ3v) is 12.7. The van der Waals surface area contributed by atoms with E-state index in [1.54, 1.807) is 0 Å². The van der Waals surface area contributed by atoms with Gasteiger partial charge >= 0.3 is 6.03 Å². The van der Waals surface area contributed by atoms with Gasteiger partial charge in [-0.2, -0.15) is 0 Å². The minimum atomic E-state index is -0.626. The van der Waals surface area contributed by atoms with Crippen LogP contribution >= 0.6 is 0 Å². The summed E-state index contributed by atoms with van der Waals surface area (Å²) >= 11 is 0. The highest BCUT2D eigenvalue weighted by molar-refractivity contribution is 5.75. The minimum absolute atomic E-state index is 0.00201. The number of hydrogen-bond acceptors (Lipinski definition) is 6. The summed E-state index contributed by atoms with van der Waals surface area (Å²) in [7, 11) is 2.03. The number of nitrogens with zero attached hydrogens (tertiary/aromatic N) is 1. The molecule has 1 aliphatic heterocycles. The molecule has 5 aliphatic rings. The Balaban J connectivity index is 0.926. The number of hydrogen-bond donors (Lipinski definition) is 4. The molecular formula is C46H55N3O5. The number of rotatable bonds is 12. The van der Waals surface area contributed by atoms with E-state index in [4.69, 9.17) is 9.47 Å². The molecule has 4 aromatic carbocycles. The molecule has 4 aliphatic carbocycles. The Morgan fingerprint density at radius 3 is 2.13 bits per heavy atom. The highest BCUT2D eigenvalue weighted by atomic mass is 16.7. The fourth-order valence-corrected chi connectivity index (χ4v) is 10.1. The maximum absolute atomic E-state index is 13.1. The van der Waals surface area contributed by atoms with Gasteiger partial charge in [-0.05, 0) is 110 Å². The molecule has 284 valence electrons. The van der Waals surface area contributed by atoms with Gasteiger partial charge in [0.15, 0.2) is 6.29 Å². The van der Waals surface area contributed by atoms with Crippen LogP contribution in [0.5, 0.6) is 0 Å². The van der Waals surface area contributed by atoms with Gasteiger partial charge in [-0.25, -0.2) is 4.79 Å². The van der Waals surface area contributed by atoms with E-state index < -0.39 is 12.4 Å². The quantitative estimate of drug-likeness (QED) is 0.117. The van der Waals surface area contributed by atoms with Gasteiger partial charge in [0.25, 0.3) is 0 Å². The van der Waals surface area contributed by atoms with Crippen molar-refractivity contribution in [3.8, 4) is 11.1 Å². The zero-order valence-electron chi connectivity index (χ0n) is 31.6. The molecule has 5 fully saturated rings. The number of urea groups is 1. The topological polar surface area (TPSA) is 103 Å². The molecule has 8 heteroatoms. The summed E-state index contributed by atoms with van der Waals surface area (Å²) in [6.07, 6.45) is 6.61. The Morgan fingerprint density at radius 1 is 0.796 bits per heavy atom. The van der Waals surface area contributed by atoms with Gasteiger partial charge in [0.1, 0.15) is 0 Å². The molecule has 5 atom stereocenters. The van der Waals surface area contributed by atoms with Crippen molar-refractivity contribution in [1.29, 1.82) is 0 Å². The molecule has 0 unspecified atom stereocenters. The Hall–Kier alpha value is -4.05. The van der Waals surface area contributed by atoms with Gasteiger partial charge < -0.3 is 30.3 Å². The lowest BCUT2D eigenvalue weighted by Gasteiger charge is -2.56. The van der Waals surface area contributed by atoms with Gasteiger partial charge in [0.2, 0.25) is 0 Å². The molecule has 2 amide bonds. The van der Waals surface area contributed by atoms with Crippen molar-refractivity contribution in [2.24, 2.45) is 17.8 Å². The predicted molar refractivity (Wildman–Crippen MR) is 210 cm³/mol. The summed E-state index contributed by atoms with van der Waals surface area (Å²) in [6.45, 7) is 3.14. The molecule has 4 N–H and O–H groups in total. The van der Waals surface area contributed by atoms with Crippen LogP contribution < -0.4 is 10.6 Å². The van der Waals surface area contributed by atoms with Crippen molar-refractivity contribution < 1.29 is 24.5 Å². The van der Waals surface area contributed by atoms with Crippen LogP contribution in [0.15, 0.2) is 103 Å². The lowest BCUT2D eigenvalue weighted by atomic mass is 9.53. The van der Waals surface area contributed by atoms with Crippen LogP contribution in [0.2, 0.25) is 0 Å². The first kappa shape index (κ1) is 36.9. The summed E-state index contributed by atoms with van der Waals surface area (Å²) in [5, 5.41) is 27.3. The largest absolute Gasteiger partial charge is 0.392 e. The van der Waals surface area contributed by atoms with Crippen LogP contribution in [-0.4, -0.2) is 52.4 Å². The Labute approximate surface area is 319 Å². The molecule has 54 heavy (non-hydrogen) atoms. The van der Waals surface area contributed by atoms with Crippen molar-refractivity contribution in [2.75, 3.05) is 13.6 Å². The van der Waals surface area contributed by atoms with Crippen LogP contribution in [0.25, 0.3) is 11.1 Å². The average Bonchev–Trinajstić information content (AvgIpc) is 3.19. The van der Waals surface area contributed by atoms with E-state index >= 15 is 0 Å². The molecule has 9 rings (SSSR count). The van der Waals surface area contributed by atoms with Gasteiger partial charge in [0.05, 0.1) is 24.9 Å². The van der Waals surface area contributed by atoms with Crippen LogP contribution in [0.3, 0.4) is 0 Å². The zero-order valence-corrected chi connectivity index (χ0v) is 31.6. The maximum Gasteiger partial charge on any atom is 0.315 e. The number of likely N-dealkylation sites (N-methyl/N-ethyl adjacent to an activating group) is 1. The van der Waals surface area contributed by atoms with Crippen molar-refractivity contribution in [1.82, 2.24) is 15.5 Å². The molecular weight excluding hydrogens is 675 g/mol. The number of nitrogens with one attached hydrogen (secondary N) is 2. The first-order chi connectivity index (χ1) is 26.2. The van der Waals surface area contributed by atoms with Crippen molar-refractivity contribution >= 4 is 6.03 Å². The molecule has 8 nitrogen and oxygen atoms in total. The Kier molecular flexibility index (Phi) is 10.9. The SMILES string of the molecule is C[C@@H]([C@H](O)c1ccccc1)N(C)C[C@H]1C[C@@H](c2ccc(CO)cc2)O[C@@H](c2ccc(-c3cccc(CNC(=O)NC45CC6CC(CC(C6)C4)C5)c3)cc2)O1. The zero-order chi connectivity index (χ0) is 37.2. The first-order valence-corrected chi connectivity index (χ1v) is 19.9. The van der Waals surface area contributed by atoms with Crippen LogP contribution in [-0.2, 0) is 22.6 Å². The normalized spacial score (nSPS) is 28.5. The second-order valence-corrected chi connectivity index (χ2v) is 16.7. The van der Waals surface area contributed by atoms with Crippen molar-refractivity contribution in [3.05, 3.63) is 131 Å². The van der Waals surface area contributed by atoms with E-state index in [0.29, 0.717) is 19.5 Å². The lowest BCUT2D eigenvalue weighted by molar-refractivity contribution is -0.253. The Bertz CT molecular complexity index is 1830. The van der Waals surface area contributed by atoms with Gasteiger partial charge in [-0.3, -0.25) is 4.90 Å². The summed E-state index contributed by atoms with van der Waals surface area (Å²) < 4.78 is 13.3. The second kappa shape index (κ2) is 16.0. The van der Waals surface area contributed by atoms with E-state index in [1.165, 1.54) is 19.3 Å². The van der Waals surface area contributed by atoms with Gasteiger partial charge in [0, 0.05) is 36.7 Å². The van der Waals surface area contributed by atoms with Gasteiger partial charge in [-0.1, -0.05) is 97.1 Å². The van der Waals surface area contributed by atoms with E-state index in [0.717, 1.165) is 76.0 Å². The molecule has 4 saturated carbocycles. The second-order valence-electron chi connectivity index (χ2n) is 16.7. The van der Waals surface area contributed by atoms with Crippen molar-refractivity contribution in [2.45, 2.75) is 101 Å². The Morgan fingerprint density at radius 2 is 1.46 bits per heavy atom. The maximum atomic E-state index is 13.1. The fraction of sp³-hybridized carbons (Fsp3) is 0.457. The van der Waals surface area contributed by atoms with Crippen LogP contribution in [0.1, 0.15) is 98.2 Å². The molecule has 4 aromatic rings. The fourth-order valence-electron chi connectivity index (χ4n) is 10.1. The monoisotopic (exact) mass is 729 g/mol. The number of amides is 2. The smallest absolute Gasteiger partial charge is 0.315 e. The number of aliphatic hydroxyl groups excluding tert-OH is 2. The molecule has 0 radical (unpaired) electrons. The van der Waals surface area contributed by atoms with E-state index in [1.807, 2.05) is 74.6 Å².